The number of carboxylic acid groups (broad SMARTS) is 1. The molecule has 4 nitrogen and oxygen atoms in total. The number of aromatic nitrogens is 1. The van der Waals surface area contributed by atoms with Gasteiger partial charge in [-0.25, -0.2) is 0 Å². The van der Waals surface area contributed by atoms with E-state index in [0.717, 1.165) is 17.9 Å². The third kappa shape index (κ3) is 3.45. The molecule has 0 amide bonds. The van der Waals surface area contributed by atoms with Gasteiger partial charge in [0.2, 0.25) is 0 Å². The Morgan fingerprint density at radius 3 is 2.89 bits per heavy atom. The zero-order chi connectivity index (χ0) is 13.7. The lowest BCUT2D eigenvalue weighted by molar-refractivity contribution is -0.305. The number of thiophene rings is 1. The first-order chi connectivity index (χ1) is 9.22. The molecule has 0 N–H and O–H groups in total. The highest BCUT2D eigenvalue weighted by Crippen LogP contribution is 2.27. The molecule has 2 rings (SSSR count). The topological polar surface area (TPSA) is 54.3 Å². The normalized spacial score (nSPS) is 10.8. The molecule has 0 bridgehead atoms. The minimum atomic E-state index is -1.02. The Kier molecular flexibility index (Phi) is 4.76. The second-order valence-electron chi connectivity index (χ2n) is 4.20. The summed E-state index contributed by atoms with van der Waals surface area (Å²) in [5.41, 5.74) is 2.12. The average molecular weight is 278 g/mol. The summed E-state index contributed by atoms with van der Waals surface area (Å²) in [6, 6.07) is 8.08. The van der Waals surface area contributed by atoms with Gasteiger partial charge < -0.3 is 19.2 Å². The fourth-order valence-electron chi connectivity index (χ4n) is 2.04. The van der Waals surface area contributed by atoms with Gasteiger partial charge in [0.05, 0.1) is 17.2 Å². The van der Waals surface area contributed by atoms with Crippen molar-refractivity contribution in [2.45, 2.75) is 19.4 Å². The number of aryl methyl sites for hydroxylation is 1. The van der Waals surface area contributed by atoms with Gasteiger partial charge in [0.25, 0.3) is 0 Å². The summed E-state index contributed by atoms with van der Waals surface area (Å²) in [6.45, 7) is 1.32. The molecule has 2 aromatic rings. The number of hydrogen-bond donors (Lipinski definition) is 0. The molecule has 0 spiro atoms. The van der Waals surface area contributed by atoms with Crippen LogP contribution in [0.2, 0.25) is 0 Å². The van der Waals surface area contributed by atoms with Gasteiger partial charge in [-0.1, -0.05) is 6.07 Å². The van der Waals surface area contributed by atoms with Crippen LogP contribution in [0.4, 0.5) is 0 Å². The molecule has 19 heavy (non-hydrogen) atoms. The van der Waals surface area contributed by atoms with Crippen molar-refractivity contribution in [1.29, 1.82) is 0 Å². The van der Waals surface area contributed by atoms with Crippen molar-refractivity contribution in [3.8, 4) is 10.6 Å². The Hall–Kier alpha value is -1.59. The lowest BCUT2D eigenvalue weighted by Crippen LogP contribution is -2.23. The lowest BCUT2D eigenvalue weighted by atomic mass is 10.2. The smallest absolute Gasteiger partial charge is 0.0642 e. The maximum Gasteiger partial charge on any atom is 0.0642 e. The Balaban J connectivity index is 2.25. The number of carboxylic acids is 1. The fourth-order valence-corrected chi connectivity index (χ4v) is 2.80. The average Bonchev–Trinajstić information content (AvgIpc) is 3.02. The molecule has 0 saturated heterocycles. The molecule has 0 aromatic carbocycles. The van der Waals surface area contributed by atoms with Crippen LogP contribution in [0.25, 0.3) is 10.6 Å². The monoisotopic (exact) mass is 278 g/mol. The lowest BCUT2D eigenvalue weighted by Gasteiger charge is -2.12. The number of aliphatic carboxylic acids is 1. The van der Waals surface area contributed by atoms with E-state index < -0.39 is 5.97 Å². The molecule has 0 aliphatic rings. The molecule has 0 unspecified atom stereocenters. The van der Waals surface area contributed by atoms with E-state index in [2.05, 4.69) is 10.6 Å². The van der Waals surface area contributed by atoms with Gasteiger partial charge in [-0.05, 0) is 36.4 Å². The second kappa shape index (κ2) is 6.54. The second-order valence-corrected chi connectivity index (χ2v) is 5.15. The highest BCUT2D eigenvalue weighted by Gasteiger charge is 2.10. The molecule has 0 saturated carbocycles. The van der Waals surface area contributed by atoms with Crippen LogP contribution in [0, 0.1) is 0 Å². The Bertz CT molecular complexity index is 531. The number of methoxy groups -OCH3 is 1. The van der Waals surface area contributed by atoms with Crippen LogP contribution in [-0.2, 0) is 22.5 Å². The summed E-state index contributed by atoms with van der Waals surface area (Å²) in [5, 5.41) is 12.6. The summed E-state index contributed by atoms with van der Waals surface area (Å²) >= 11 is 1.67. The molecular formula is C14H16NO3S-. The first-order valence-electron chi connectivity index (χ1n) is 6.13. The molecule has 2 aromatic heterocycles. The van der Waals surface area contributed by atoms with Crippen molar-refractivity contribution in [2.24, 2.45) is 0 Å². The van der Waals surface area contributed by atoms with Gasteiger partial charge in [0.15, 0.2) is 0 Å². The molecule has 5 heteroatoms. The zero-order valence-corrected chi connectivity index (χ0v) is 11.6. The largest absolute Gasteiger partial charge is 0.550 e. The molecule has 0 fully saturated rings. The number of carbonyl (C=O) groups is 1. The first-order valence-corrected chi connectivity index (χ1v) is 7.01. The molecule has 0 atom stereocenters. The van der Waals surface area contributed by atoms with Crippen molar-refractivity contribution in [2.75, 3.05) is 13.7 Å². The van der Waals surface area contributed by atoms with E-state index in [1.54, 1.807) is 18.4 Å². The minimum Gasteiger partial charge on any atom is -0.550 e. The van der Waals surface area contributed by atoms with Crippen molar-refractivity contribution in [1.82, 2.24) is 4.57 Å². The van der Waals surface area contributed by atoms with Gasteiger partial charge in [0.1, 0.15) is 0 Å². The standard InChI is InChI=1S/C14H17NO3S/c1-18-9-8-15-11(5-7-14(16)17)4-6-12(15)13-3-2-10-19-13/h2-4,6,10H,5,7-9H2,1H3,(H,16,17)/p-1. The van der Waals surface area contributed by atoms with Crippen LogP contribution in [0.3, 0.4) is 0 Å². The van der Waals surface area contributed by atoms with E-state index in [1.165, 1.54) is 4.88 Å². The molecule has 0 aliphatic heterocycles. The van der Waals surface area contributed by atoms with Gasteiger partial charge in [-0.2, -0.15) is 0 Å². The van der Waals surface area contributed by atoms with E-state index >= 15 is 0 Å². The van der Waals surface area contributed by atoms with Crippen molar-refractivity contribution in [3.05, 3.63) is 35.3 Å². The molecular weight excluding hydrogens is 262 g/mol. The van der Waals surface area contributed by atoms with Gasteiger partial charge in [-0.3, -0.25) is 0 Å². The minimum absolute atomic E-state index is 0.0425. The summed E-state index contributed by atoms with van der Waals surface area (Å²) in [6.07, 6.45) is 0.526. The summed E-state index contributed by atoms with van der Waals surface area (Å²) in [5.74, 6) is -1.02. The van der Waals surface area contributed by atoms with Gasteiger partial charge in [-0.15, -0.1) is 11.3 Å². The summed E-state index contributed by atoms with van der Waals surface area (Å²) in [7, 11) is 1.66. The van der Waals surface area contributed by atoms with E-state index in [-0.39, 0.29) is 6.42 Å². The van der Waals surface area contributed by atoms with Gasteiger partial charge in [0, 0.05) is 25.3 Å². The zero-order valence-electron chi connectivity index (χ0n) is 10.8. The molecule has 0 radical (unpaired) electrons. The van der Waals surface area contributed by atoms with Crippen molar-refractivity contribution in [3.63, 3.8) is 0 Å². The Morgan fingerprint density at radius 2 is 2.26 bits per heavy atom. The predicted octanol–water partition coefficient (Wildman–Crippen LogP) is 1.55. The number of ether oxygens (including phenoxy) is 1. The maximum absolute atomic E-state index is 10.6. The summed E-state index contributed by atoms with van der Waals surface area (Å²) in [4.78, 5) is 11.8. The maximum atomic E-state index is 10.6. The van der Waals surface area contributed by atoms with Crippen LogP contribution >= 0.6 is 11.3 Å². The first kappa shape index (κ1) is 13.8. The SMILES string of the molecule is COCCn1c(CCC(=O)[O-])ccc1-c1cccs1. The van der Waals surface area contributed by atoms with E-state index in [4.69, 9.17) is 4.74 Å². The number of carbonyl (C=O) groups excluding carboxylic acids is 1. The number of nitrogens with zero attached hydrogens (tertiary/aromatic N) is 1. The van der Waals surface area contributed by atoms with Crippen LogP contribution in [-0.4, -0.2) is 24.3 Å². The number of rotatable bonds is 7. The summed E-state index contributed by atoms with van der Waals surface area (Å²) < 4.78 is 7.25. The highest BCUT2D eigenvalue weighted by molar-refractivity contribution is 7.13. The third-order valence-electron chi connectivity index (χ3n) is 2.95. The van der Waals surface area contributed by atoms with Crippen LogP contribution in [0.5, 0.6) is 0 Å². The Labute approximate surface area is 116 Å². The van der Waals surface area contributed by atoms with Crippen molar-refractivity contribution < 1.29 is 14.6 Å². The van der Waals surface area contributed by atoms with E-state index in [0.29, 0.717) is 13.0 Å². The predicted molar refractivity (Wildman–Crippen MR) is 72.9 cm³/mol. The van der Waals surface area contributed by atoms with Crippen LogP contribution in [0.15, 0.2) is 29.6 Å². The quantitative estimate of drug-likeness (QED) is 0.772. The highest BCUT2D eigenvalue weighted by atomic mass is 32.1. The van der Waals surface area contributed by atoms with Crippen LogP contribution < -0.4 is 5.11 Å². The third-order valence-corrected chi connectivity index (χ3v) is 3.84. The van der Waals surface area contributed by atoms with E-state index in [9.17, 15) is 9.90 Å². The molecule has 102 valence electrons. The van der Waals surface area contributed by atoms with Crippen molar-refractivity contribution >= 4 is 17.3 Å². The van der Waals surface area contributed by atoms with E-state index in [1.807, 2.05) is 23.6 Å². The fraction of sp³-hybridized carbons (Fsp3) is 0.357. The van der Waals surface area contributed by atoms with Gasteiger partial charge >= 0.3 is 0 Å². The number of hydrogen-bond acceptors (Lipinski definition) is 4. The Morgan fingerprint density at radius 1 is 1.42 bits per heavy atom. The molecule has 0 aliphatic carbocycles. The molecule has 2 heterocycles. The van der Waals surface area contributed by atoms with Crippen LogP contribution in [0.1, 0.15) is 12.1 Å².